The van der Waals surface area contributed by atoms with Crippen molar-refractivity contribution in [1.82, 2.24) is 15.6 Å². The van der Waals surface area contributed by atoms with Crippen molar-refractivity contribution in [2.75, 3.05) is 13.1 Å². The van der Waals surface area contributed by atoms with Gasteiger partial charge in [-0.25, -0.2) is 9.78 Å². The van der Waals surface area contributed by atoms with Gasteiger partial charge in [-0.15, -0.1) is 11.3 Å². The number of aromatic nitrogens is 1. The monoisotopic (exact) mass is 256 g/mol. The molecule has 0 aliphatic carbocycles. The molecule has 2 amide bonds. The fourth-order valence-corrected chi connectivity index (χ4v) is 2.20. The number of rotatable bonds is 5. The molecule has 0 bridgehead atoms. The van der Waals surface area contributed by atoms with Crippen molar-refractivity contribution in [3.63, 3.8) is 0 Å². The normalized spacial score (nSPS) is 11.5. The quantitative estimate of drug-likeness (QED) is 0.692. The first-order chi connectivity index (χ1) is 7.89. The van der Waals surface area contributed by atoms with E-state index in [1.165, 1.54) is 0 Å². The Balaban J connectivity index is 2.28. The van der Waals surface area contributed by atoms with E-state index >= 15 is 0 Å². The molecule has 0 aliphatic rings. The van der Waals surface area contributed by atoms with Crippen LogP contribution in [0.2, 0.25) is 0 Å². The number of primary amides is 1. The predicted molar refractivity (Wildman–Crippen MR) is 70.1 cm³/mol. The molecule has 5 nitrogen and oxygen atoms in total. The molecule has 1 rings (SSSR count). The Hall–Kier alpha value is -1.14. The highest BCUT2D eigenvalue weighted by Gasteiger charge is 2.16. The Morgan fingerprint density at radius 2 is 2.18 bits per heavy atom. The van der Waals surface area contributed by atoms with Crippen LogP contribution in [-0.4, -0.2) is 24.1 Å². The fraction of sp³-hybridized carbons (Fsp3) is 0.636. The highest BCUT2D eigenvalue weighted by molar-refractivity contribution is 7.09. The van der Waals surface area contributed by atoms with Crippen LogP contribution in [0.25, 0.3) is 0 Å². The molecule has 0 fully saturated rings. The third-order valence-corrected chi connectivity index (χ3v) is 3.05. The number of amides is 2. The number of carbonyl (C=O) groups excluding carboxylic acids is 1. The van der Waals surface area contributed by atoms with Crippen molar-refractivity contribution < 1.29 is 4.79 Å². The maximum Gasteiger partial charge on any atom is 0.312 e. The van der Waals surface area contributed by atoms with E-state index in [1.807, 2.05) is 0 Å². The Morgan fingerprint density at radius 3 is 2.71 bits per heavy atom. The first kappa shape index (κ1) is 13.9. The van der Waals surface area contributed by atoms with Crippen LogP contribution >= 0.6 is 11.3 Å². The SMILES string of the molecule is CC(C)(C)c1csc(CNCCNC(N)=O)n1. The summed E-state index contributed by atoms with van der Waals surface area (Å²) < 4.78 is 0. The minimum atomic E-state index is -0.490. The second-order valence-corrected chi connectivity index (χ2v) is 5.79. The molecule has 0 atom stereocenters. The standard InChI is InChI=1S/C11H20N4OS/c1-11(2,3)8-7-17-9(15-8)6-13-4-5-14-10(12)16/h7,13H,4-6H2,1-3H3,(H3,12,14,16). The van der Waals surface area contributed by atoms with E-state index in [0.29, 0.717) is 13.1 Å². The molecule has 1 aromatic rings. The Kier molecular flexibility index (Phi) is 4.89. The number of carbonyl (C=O) groups is 1. The van der Waals surface area contributed by atoms with E-state index in [0.717, 1.165) is 17.2 Å². The van der Waals surface area contributed by atoms with Gasteiger partial charge < -0.3 is 16.4 Å². The van der Waals surface area contributed by atoms with E-state index in [2.05, 4.69) is 41.8 Å². The summed E-state index contributed by atoms with van der Waals surface area (Å²) in [4.78, 5) is 15.0. The summed E-state index contributed by atoms with van der Waals surface area (Å²) in [5, 5.41) is 8.88. The predicted octanol–water partition coefficient (Wildman–Crippen LogP) is 1.20. The molecular formula is C11H20N4OS. The smallest absolute Gasteiger partial charge is 0.312 e. The molecule has 6 heteroatoms. The van der Waals surface area contributed by atoms with Crippen molar-refractivity contribution in [3.8, 4) is 0 Å². The molecule has 0 saturated carbocycles. The van der Waals surface area contributed by atoms with Gasteiger partial charge in [0.15, 0.2) is 0 Å². The van der Waals surface area contributed by atoms with Gasteiger partial charge in [-0.3, -0.25) is 0 Å². The summed E-state index contributed by atoms with van der Waals surface area (Å²) >= 11 is 1.66. The highest BCUT2D eigenvalue weighted by atomic mass is 32.1. The largest absolute Gasteiger partial charge is 0.352 e. The van der Waals surface area contributed by atoms with E-state index in [4.69, 9.17) is 5.73 Å². The number of hydrogen-bond acceptors (Lipinski definition) is 4. The summed E-state index contributed by atoms with van der Waals surface area (Å²) in [7, 11) is 0. The zero-order valence-corrected chi connectivity index (χ0v) is 11.4. The molecule has 0 aromatic carbocycles. The van der Waals surface area contributed by atoms with E-state index in [-0.39, 0.29) is 5.41 Å². The molecule has 0 saturated heterocycles. The van der Waals surface area contributed by atoms with Gasteiger partial charge in [-0.1, -0.05) is 20.8 Å². The number of nitrogens with two attached hydrogens (primary N) is 1. The molecule has 1 heterocycles. The van der Waals surface area contributed by atoms with E-state index in [1.54, 1.807) is 11.3 Å². The number of nitrogens with one attached hydrogen (secondary N) is 2. The minimum Gasteiger partial charge on any atom is -0.352 e. The Bertz CT molecular complexity index is 370. The van der Waals surface area contributed by atoms with Crippen LogP contribution in [0.5, 0.6) is 0 Å². The molecule has 0 radical (unpaired) electrons. The lowest BCUT2D eigenvalue weighted by molar-refractivity contribution is 0.249. The first-order valence-electron chi connectivity index (χ1n) is 5.58. The van der Waals surface area contributed by atoms with Gasteiger partial charge in [0.05, 0.1) is 5.69 Å². The van der Waals surface area contributed by atoms with Crippen LogP contribution in [0, 0.1) is 0 Å². The van der Waals surface area contributed by atoms with Gasteiger partial charge in [0, 0.05) is 30.4 Å². The van der Waals surface area contributed by atoms with Crippen molar-refractivity contribution in [1.29, 1.82) is 0 Å². The summed E-state index contributed by atoms with van der Waals surface area (Å²) in [6, 6.07) is -0.490. The molecule has 17 heavy (non-hydrogen) atoms. The second kappa shape index (κ2) is 5.97. The van der Waals surface area contributed by atoms with Crippen LogP contribution < -0.4 is 16.4 Å². The molecule has 0 unspecified atom stereocenters. The van der Waals surface area contributed by atoms with Gasteiger partial charge in [0.2, 0.25) is 0 Å². The van der Waals surface area contributed by atoms with E-state index < -0.39 is 6.03 Å². The summed E-state index contributed by atoms with van der Waals surface area (Å²) in [5.74, 6) is 0. The van der Waals surface area contributed by atoms with Crippen LogP contribution in [0.4, 0.5) is 4.79 Å². The maximum atomic E-state index is 10.4. The van der Waals surface area contributed by atoms with Crippen molar-refractivity contribution >= 4 is 17.4 Å². The van der Waals surface area contributed by atoms with Crippen molar-refractivity contribution in [2.24, 2.45) is 5.73 Å². The van der Waals surface area contributed by atoms with Crippen LogP contribution in [0.1, 0.15) is 31.5 Å². The van der Waals surface area contributed by atoms with Gasteiger partial charge in [0.25, 0.3) is 0 Å². The maximum absolute atomic E-state index is 10.4. The number of hydrogen-bond donors (Lipinski definition) is 3. The van der Waals surface area contributed by atoms with E-state index in [9.17, 15) is 4.79 Å². The third kappa shape index (κ3) is 5.14. The number of thiazole rings is 1. The summed E-state index contributed by atoms with van der Waals surface area (Å²) in [5.41, 5.74) is 6.17. The highest BCUT2D eigenvalue weighted by Crippen LogP contribution is 2.23. The first-order valence-corrected chi connectivity index (χ1v) is 6.46. The average Bonchev–Trinajstić information content (AvgIpc) is 2.64. The molecular weight excluding hydrogens is 236 g/mol. The van der Waals surface area contributed by atoms with Crippen LogP contribution in [0.3, 0.4) is 0 Å². The molecule has 0 spiro atoms. The topological polar surface area (TPSA) is 80.0 Å². The summed E-state index contributed by atoms with van der Waals surface area (Å²) in [6.07, 6.45) is 0. The molecule has 0 aliphatic heterocycles. The van der Waals surface area contributed by atoms with Gasteiger partial charge in [-0.05, 0) is 0 Å². The minimum absolute atomic E-state index is 0.0995. The third-order valence-electron chi connectivity index (χ3n) is 2.20. The molecule has 1 aromatic heterocycles. The van der Waals surface area contributed by atoms with Crippen LogP contribution in [-0.2, 0) is 12.0 Å². The zero-order valence-electron chi connectivity index (χ0n) is 10.5. The van der Waals surface area contributed by atoms with Gasteiger partial charge >= 0.3 is 6.03 Å². The van der Waals surface area contributed by atoms with Crippen molar-refractivity contribution in [3.05, 3.63) is 16.1 Å². The Morgan fingerprint density at radius 1 is 1.47 bits per heavy atom. The second-order valence-electron chi connectivity index (χ2n) is 4.84. The number of urea groups is 1. The van der Waals surface area contributed by atoms with Crippen molar-refractivity contribution in [2.45, 2.75) is 32.7 Å². The van der Waals surface area contributed by atoms with Gasteiger partial charge in [0.1, 0.15) is 5.01 Å². The lowest BCUT2D eigenvalue weighted by Crippen LogP contribution is -2.35. The number of nitrogens with zero attached hydrogens (tertiary/aromatic N) is 1. The van der Waals surface area contributed by atoms with Crippen LogP contribution in [0.15, 0.2) is 5.38 Å². The lowest BCUT2D eigenvalue weighted by Gasteiger charge is -2.14. The Labute approximate surface area is 106 Å². The average molecular weight is 256 g/mol. The summed E-state index contributed by atoms with van der Waals surface area (Å²) in [6.45, 7) is 8.39. The lowest BCUT2D eigenvalue weighted by atomic mass is 9.93. The fourth-order valence-electron chi connectivity index (χ4n) is 1.21. The molecule has 4 N–H and O–H groups in total. The zero-order chi connectivity index (χ0) is 12.9. The molecule has 96 valence electrons. The van der Waals surface area contributed by atoms with Gasteiger partial charge in [-0.2, -0.15) is 0 Å².